The lowest BCUT2D eigenvalue weighted by atomic mass is 9.95. The highest BCUT2D eigenvalue weighted by Gasteiger charge is 2.45. The summed E-state index contributed by atoms with van der Waals surface area (Å²) >= 11 is 0. The van der Waals surface area contributed by atoms with E-state index in [1.807, 2.05) is 44.2 Å². The zero-order chi connectivity index (χ0) is 21.0. The van der Waals surface area contributed by atoms with E-state index in [1.54, 1.807) is 0 Å². The summed E-state index contributed by atoms with van der Waals surface area (Å²) < 4.78 is 18.8. The number of nitrogens with zero attached hydrogens (tertiary/aromatic N) is 1. The van der Waals surface area contributed by atoms with Gasteiger partial charge in [0.2, 0.25) is 0 Å². The molecule has 1 unspecified atom stereocenters. The van der Waals surface area contributed by atoms with Gasteiger partial charge in [-0.15, -0.1) is 0 Å². The van der Waals surface area contributed by atoms with Crippen LogP contribution < -0.4 is 0 Å². The lowest BCUT2D eigenvalue weighted by Gasteiger charge is -2.25. The van der Waals surface area contributed by atoms with Crippen LogP contribution in [0.2, 0.25) is 0 Å². The maximum Gasteiger partial charge on any atom is 0.295 e. The van der Waals surface area contributed by atoms with Gasteiger partial charge >= 0.3 is 0 Å². The fraction of sp³-hybridized carbons (Fsp3) is 0.304. The number of carbonyl (C=O) groups excluding carboxylic acids is 2. The highest BCUT2D eigenvalue weighted by Crippen LogP contribution is 2.39. The van der Waals surface area contributed by atoms with Gasteiger partial charge in [-0.05, 0) is 50.1 Å². The molecule has 5 nitrogen and oxygen atoms in total. The lowest BCUT2D eigenvalue weighted by Crippen LogP contribution is -2.31. The average Bonchev–Trinajstić information content (AvgIpc) is 2.96. The summed E-state index contributed by atoms with van der Waals surface area (Å²) in [6, 6.07) is 13.6. The molecule has 3 rings (SSSR count). The van der Waals surface area contributed by atoms with Crippen LogP contribution in [0.3, 0.4) is 0 Å². The van der Waals surface area contributed by atoms with E-state index in [1.165, 1.54) is 29.2 Å². The van der Waals surface area contributed by atoms with Gasteiger partial charge in [0.05, 0.1) is 17.7 Å². The second-order valence-corrected chi connectivity index (χ2v) is 7.18. The van der Waals surface area contributed by atoms with Crippen molar-refractivity contribution in [1.29, 1.82) is 0 Å². The van der Waals surface area contributed by atoms with Crippen LogP contribution in [-0.4, -0.2) is 41.0 Å². The smallest absolute Gasteiger partial charge is 0.295 e. The van der Waals surface area contributed by atoms with Gasteiger partial charge in [0, 0.05) is 18.7 Å². The van der Waals surface area contributed by atoms with E-state index in [4.69, 9.17) is 4.74 Å². The molecular weight excluding hydrogens is 373 g/mol. The Hall–Kier alpha value is -2.99. The minimum atomic E-state index is -0.745. The van der Waals surface area contributed by atoms with Gasteiger partial charge in [0.1, 0.15) is 11.6 Å². The van der Waals surface area contributed by atoms with Crippen molar-refractivity contribution in [3.63, 3.8) is 0 Å². The summed E-state index contributed by atoms with van der Waals surface area (Å²) in [7, 11) is 0. The van der Waals surface area contributed by atoms with E-state index >= 15 is 0 Å². The molecule has 1 fully saturated rings. The van der Waals surface area contributed by atoms with Crippen molar-refractivity contribution in [2.24, 2.45) is 0 Å². The van der Waals surface area contributed by atoms with Gasteiger partial charge in [-0.2, -0.15) is 0 Å². The normalized spacial score (nSPS) is 18.6. The molecule has 2 aromatic carbocycles. The van der Waals surface area contributed by atoms with E-state index in [0.29, 0.717) is 19.6 Å². The Balaban J connectivity index is 1.99. The molecule has 1 N–H and O–H groups in total. The first-order valence-corrected chi connectivity index (χ1v) is 9.61. The highest BCUT2D eigenvalue weighted by atomic mass is 19.1. The van der Waals surface area contributed by atoms with E-state index in [9.17, 15) is 19.1 Å². The maximum absolute atomic E-state index is 13.3. The zero-order valence-electron chi connectivity index (χ0n) is 16.5. The van der Waals surface area contributed by atoms with Crippen molar-refractivity contribution in [3.8, 4) is 0 Å². The van der Waals surface area contributed by atoms with Crippen LogP contribution in [0.15, 0.2) is 60.2 Å². The van der Waals surface area contributed by atoms with E-state index < -0.39 is 23.5 Å². The van der Waals surface area contributed by atoms with Crippen LogP contribution in [0.25, 0.3) is 5.76 Å². The SMILES string of the molecule is CC(C)OCCCN1C(=O)C(=O)/C(=C(\O)c2ccc(F)cc2)C1c1ccccc1. The third-order valence-corrected chi connectivity index (χ3v) is 4.77. The molecule has 1 saturated heterocycles. The molecule has 0 aromatic heterocycles. The van der Waals surface area contributed by atoms with Crippen molar-refractivity contribution in [3.05, 3.63) is 77.1 Å². The van der Waals surface area contributed by atoms with Crippen molar-refractivity contribution in [1.82, 2.24) is 4.90 Å². The molecule has 1 aliphatic heterocycles. The summed E-state index contributed by atoms with van der Waals surface area (Å²) in [5.74, 6) is -2.16. The van der Waals surface area contributed by atoms with E-state index in [-0.39, 0.29) is 23.0 Å². The first-order chi connectivity index (χ1) is 13.9. The molecule has 1 atom stereocenters. The zero-order valence-corrected chi connectivity index (χ0v) is 16.5. The van der Waals surface area contributed by atoms with Gasteiger partial charge in [-0.3, -0.25) is 9.59 Å². The van der Waals surface area contributed by atoms with Gasteiger partial charge in [-0.1, -0.05) is 30.3 Å². The first-order valence-electron chi connectivity index (χ1n) is 9.61. The van der Waals surface area contributed by atoms with Gasteiger partial charge in [0.25, 0.3) is 11.7 Å². The quantitative estimate of drug-likeness (QED) is 0.331. The molecule has 2 aromatic rings. The standard InChI is InChI=1S/C23H24FNO4/c1-15(2)29-14-6-13-25-20(16-7-4-3-5-8-16)19(22(27)23(25)28)21(26)17-9-11-18(24)12-10-17/h3-5,7-12,15,20,26H,6,13-14H2,1-2H3/b21-19-. The molecule has 1 heterocycles. The molecule has 1 amide bonds. The Morgan fingerprint density at radius 2 is 1.76 bits per heavy atom. The monoisotopic (exact) mass is 397 g/mol. The van der Waals surface area contributed by atoms with Crippen molar-refractivity contribution in [2.45, 2.75) is 32.4 Å². The van der Waals surface area contributed by atoms with E-state index in [2.05, 4.69) is 0 Å². The number of hydrogen-bond acceptors (Lipinski definition) is 4. The Labute approximate surface area is 169 Å². The number of Topliss-reactive ketones (excluding diaryl/α,β-unsaturated/α-hetero) is 1. The number of hydrogen-bond donors (Lipinski definition) is 1. The van der Waals surface area contributed by atoms with Crippen molar-refractivity contribution in [2.75, 3.05) is 13.2 Å². The minimum absolute atomic E-state index is 0.0117. The van der Waals surface area contributed by atoms with Crippen LogP contribution >= 0.6 is 0 Å². The predicted molar refractivity (Wildman–Crippen MR) is 108 cm³/mol. The summed E-state index contributed by atoms with van der Waals surface area (Å²) in [4.78, 5) is 27.0. The molecule has 0 bridgehead atoms. The predicted octanol–water partition coefficient (Wildman–Crippen LogP) is 4.06. The summed E-state index contributed by atoms with van der Waals surface area (Å²) in [6.45, 7) is 4.63. The molecule has 1 aliphatic rings. The topological polar surface area (TPSA) is 66.8 Å². The van der Waals surface area contributed by atoms with Crippen LogP contribution in [0.1, 0.15) is 37.4 Å². The fourth-order valence-corrected chi connectivity index (χ4v) is 3.41. The Kier molecular flexibility index (Phi) is 6.44. The second kappa shape index (κ2) is 9.01. The van der Waals surface area contributed by atoms with Crippen LogP contribution in [-0.2, 0) is 14.3 Å². The number of benzene rings is 2. The molecule has 6 heteroatoms. The first kappa shape index (κ1) is 20.7. The van der Waals surface area contributed by atoms with Crippen LogP contribution in [0, 0.1) is 5.82 Å². The number of amides is 1. The number of ketones is 1. The number of ether oxygens (including phenoxy) is 1. The Morgan fingerprint density at radius 1 is 1.10 bits per heavy atom. The number of rotatable bonds is 7. The number of halogens is 1. The summed E-state index contributed by atoms with van der Waals surface area (Å²) in [6.07, 6.45) is 0.638. The molecular formula is C23H24FNO4. The van der Waals surface area contributed by atoms with E-state index in [0.717, 1.165) is 5.56 Å². The Morgan fingerprint density at radius 3 is 2.38 bits per heavy atom. The summed E-state index contributed by atoms with van der Waals surface area (Å²) in [5.41, 5.74) is 1.02. The number of aliphatic hydroxyl groups excluding tert-OH is 1. The van der Waals surface area contributed by atoms with Gasteiger partial charge in [0.15, 0.2) is 0 Å². The number of carbonyl (C=O) groups is 2. The molecule has 0 aliphatic carbocycles. The largest absolute Gasteiger partial charge is 0.507 e. The highest BCUT2D eigenvalue weighted by molar-refractivity contribution is 6.46. The fourth-order valence-electron chi connectivity index (χ4n) is 3.41. The molecule has 0 spiro atoms. The third kappa shape index (κ3) is 4.54. The van der Waals surface area contributed by atoms with Crippen LogP contribution in [0.4, 0.5) is 4.39 Å². The minimum Gasteiger partial charge on any atom is -0.507 e. The Bertz CT molecular complexity index is 906. The third-order valence-electron chi connectivity index (χ3n) is 4.77. The average molecular weight is 397 g/mol. The molecule has 0 saturated carbocycles. The molecule has 0 radical (unpaired) electrons. The van der Waals surface area contributed by atoms with Crippen LogP contribution in [0.5, 0.6) is 0 Å². The number of likely N-dealkylation sites (tertiary alicyclic amines) is 1. The maximum atomic E-state index is 13.3. The van der Waals surface area contributed by atoms with Crippen molar-refractivity contribution < 1.29 is 23.8 Å². The summed E-state index contributed by atoms with van der Waals surface area (Å²) in [5, 5.41) is 10.8. The molecule has 29 heavy (non-hydrogen) atoms. The van der Waals surface area contributed by atoms with Gasteiger partial charge in [-0.25, -0.2) is 4.39 Å². The van der Waals surface area contributed by atoms with Gasteiger partial charge < -0.3 is 14.7 Å². The van der Waals surface area contributed by atoms with Crippen molar-refractivity contribution >= 4 is 17.4 Å². The molecule has 152 valence electrons. The number of aliphatic hydroxyl groups is 1. The second-order valence-electron chi connectivity index (χ2n) is 7.18. The lowest BCUT2D eigenvalue weighted by molar-refractivity contribution is -0.140.